The van der Waals surface area contributed by atoms with Crippen molar-refractivity contribution in [2.45, 2.75) is 57.5 Å². The van der Waals surface area contributed by atoms with Crippen LogP contribution >= 0.6 is 0 Å². The van der Waals surface area contributed by atoms with E-state index in [4.69, 9.17) is 5.11 Å². The van der Waals surface area contributed by atoms with Crippen LogP contribution in [0.3, 0.4) is 0 Å². The minimum absolute atomic E-state index is 0.228. The summed E-state index contributed by atoms with van der Waals surface area (Å²) in [6.45, 7) is 0. The lowest BCUT2D eigenvalue weighted by Gasteiger charge is -2.37. The zero-order valence-electron chi connectivity index (χ0n) is 9.04. The summed E-state index contributed by atoms with van der Waals surface area (Å²) in [5.74, 6) is -1.50. The van der Waals surface area contributed by atoms with Crippen molar-refractivity contribution in [1.29, 1.82) is 0 Å². The van der Waals surface area contributed by atoms with Gasteiger partial charge in [-0.15, -0.1) is 0 Å². The number of carboxylic acids is 1. The van der Waals surface area contributed by atoms with Crippen LogP contribution in [0.15, 0.2) is 0 Å². The van der Waals surface area contributed by atoms with Crippen LogP contribution in [-0.2, 0) is 4.79 Å². The normalized spacial score (nSPS) is 28.1. The fraction of sp³-hybridized carbons (Fsp3) is 0.917. The van der Waals surface area contributed by atoms with E-state index in [0.717, 1.165) is 25.7 Å². The zero-order valence-corrected chi connectivity index (χ0v) is 9.04. The first kappa shape index (κ1) is 10.9. The number of hydrogen-bond donors (Lipinski definition) is 1. The number of rotatable bonds is 2. The fourth-order valence-electron chi connectivity index (χ4n) is 3.37. The molecule has 2 fully saturated rings. The molecular weight excluding hydrogens is 195 g/mol. The molecule has 2 aliphatic carbocycles. The molecule has 0 amide bonds. The number of hydrogen-bond acceptors (Lipinski definition) is 1. The van der Waals surface area contributed by atoms with Crippen molar-refractivity contribution >= 4 is 5.97 Å². The highest BCUT2D eigenvalue weighted by atomic mass is 19.1. The van der Waals surface area contributed by atoms with Gasteiger partial charge in [0, 0.05) is 5.92 Å². The van der Waals surface area contributed by atoms with Gasteiger partial charge in [-0.05, 0) is 43.9 Å². The molecule has 0 aromatic carbocycles. The van der Waals surface area contributed by atoms with Gasteiger partial charge in [0.25, 0.3) is 0 Å². The fourth-order valence-corrected chi connectivity index (χ4v) is 3.37. The Hall–Kier alpha value is -0.600. The van der Waals surface area contributed by atoms with Gasteiger partial charge in [0.15, 0.2) is 6.17 Å². The van der Waals surface area contributed by atoms with Gasteiger partial charge in [-0.1, -0.05) is 12.8 Å². The molecule has 0 aromatic heterocycles. The van der Waals surface area contributed by atoms with Gasteiger partial charge in [-0.2, -0.15) is 0 Å². The first-order valence-electron chi connectivity index (χ1n) is 6.00. The molecule has 0 aromatic rings. The van der Waals surface area contributed by atoms with E-state index in [1.807, 2.05) is 0 Å². The van der Waals surface area contributed by atoms with E-state index < -0.39 is 12.1 Å². The van der Waals surface area contributed by atoms with Crippen molar-refractivity contribution in [1.82, 2.24) is 0 Å². The Kier molecular flexibility index (Phi) is 2.98. The Bertz CT molecular complexity index is 236. The SMILES string of the molecule is O=C(O)C(F)C1CCC2(CCCC2)CC1. The van der Waals surface area contributed by atoms with Crippen LogP contribution in [0.4, 0.5) is 4.39 Å². The highest BCUT2D eigenvalue weighted by Crippen LogP contribution is 2.50. The number of carbonyl (C=O) groups is 1. The minimum Gasteiger partial charge on any atom is -0.479 e. The molecule has 3 heteroatoms. The highest BCUT2D eigenvalue weighted by molar-refractivity contribution is 5.72. The lowest BCUT2D eigenvalue weighted by Crippen LogP contribution is -2.32. The zero-order chi connectivity index (χ0) is 10.9. The Morgan fingerprint density at radius 1 is 1.20 bits per heavy atom. The van der Waals surface area contributed by atoms with E-state index >= 15 is 0 Å². The highest BCUT2D eigenvalue weighted by Gasteiger charge is 2.40. The third-order valence-corrected chi connectivity index (χ3v) is 4.40. The summed E-state index contributed by atoms with van der Waals surface area (Å²) < 4.78 is 13.3. The molecular formula is C12H19FO2. The van der Waals surface area contributed by atoms with Crippen LogP contribution in [0.2, 0.25) is 0 Å². The predicted octanol–water partition coefficient (Wildman–Crippen LogP) is 3.16. The van der Waals surface area contributed by atoms with Gasteiger partial charge >= 0.3 is 5.97 Å². The second-order valence-electron chi connectivity index (χ2n) is 5.28. The second-order valence-corrected chi connectivity index (χ2v) is 5.28. The van der Waals surface area contributed by atoms with Crippen molar-refractivity contribution in [3.8, 4) is 0 Å². The van der Waals surface area contributed by atoms with Crippen molar-refractivity contribution < 1.29 is 14.3 Å². The predicted molar refractivity (Wildman–Crippen MR) is 55.4 cm³/mol. The average molecular weight is 214 g/mol. The maximum absolute atomic E-state index is 13.3. The van der Waals surface area contributed by atoms with E-state index in [-0.39, 0.29) is 5.92 Å². The summed E-state index contributed by atoms with van der Waals surface area (Å²) >= 11 is 0. The van der Waals surface area contributed by atoms with E-state index in [2.05, 4.69) is 0 Å². The summed E-state index contributed by atoms with van der Waals surface area (Å²) in [5, 5.41) is 8.62. The summed E-state index contributed by atoms with van der Waals surface area (Å²) in [4.78, 5) is 10.5. The first-order valence-corrected chi connectivity index (χ1v) is 6.00. The summed E-state index contributed by atoms with van der Waals surface area (Å²) in [6, 6.07) is 0. The molecule has 0 aliphatic heterocycles. The standard InChI is InChI=1S/C12H19FO2/c13-10(11(14)15)9-3-7-12(8-4-9)5-1-2-6-12/h9-10H,1-8H2,(H,14,15). The number of halogens is 1. The van der Waals surface area contributed by atoms with Gasteiger partial charge in [-0.25, -0.2) is 9.18 Å². The molecule has 1 spiro atoms. The Balaban J connectivity index is 1.89. The van der Waals surface area contributed by atoms with Crippen LogP contribution in [0.5, 0.6) is 0 Å². The summed E-state index contributed by atoms with van der Waals surface area (Å²) in [7, 11) is 0. The van der Waals surface area contributed by atoms with E-state index in [9.17, 15) is 9.18 Å². The third-order valence-electron chi connectivity index (χ3n) is 4.40. The molecule has 2 nitrogen and oxygen atoms in total. The maximum Gasteiger partial charge on any atom is 0.338 e. The lowest BCUT2D eigenvalue weighted by molar-refractivity contribution is -0.145. The van der Waals surface area contributed by atoms with Crippen molar-refractivity contribution in [2.24, 2.45) is 11.3 Å². The quantitative estimate of drug-likeness (QED) is 0.766. The molecule has 0 radical (unpaired) electrons. The van der Waals surface area contributed by atoms with Gasteiger partial charge in [0.1, 0.15) is 0 Å². The van der Waals surface area contributed by atoms with Crippen LogP contribution in [-0.4, -0.2) is 17.2 Å². The molecule has 1 unspecified atom stereocenters. The second kappa shape index (κ2) is 4.11. The van der Waals surface area contributed by atoms with Crippen LogP contribution < -0.4 is 0 Å². The molecule has 2 rings (SSSR count). The van der Waals surface area contributed by atoms with E-state index in [1.165, 1.54) is 25.7 Å². The van der Waals surface area contributed by atoms with E-state index in [0.29, 0.717) is 5.41 Å². The third kappa shape index (κ3) is 2.16. The Morgan fingerprint density at radius 2 is 1.73 bits per heavy atom. The lowest BCUT2D eigenvalue weighted by atomic mass is 9.68. The average Bonchev–Trinajstić information content (AvgIpc) is 2.67. The molecule has 2 saturated carbocycles. The molecule has 1 N–H and O–H groups in total. The van der Waals surface area contributed by atoms with Crippen molar-refractivity contribution in [3.63, 3.8) is 0 Å². The van der Waals surface area contributed by atoms with E-state index in [1.54, 1.807) is 0 Å². The minimum atomic E-state index is -1.64. The maximum atomic E-state index is 13.3. The van der Waals surface area contributed by atoms with Crippen molar-refractivity contribution in [3.05, 3.63) is 0 Å². The molecule has 15 heavy (non-hydrogen) atoms. The molecule has 0 saturated heterocycles. The first-order chi connectivity index (χ1) is 7.13. The molecule has 86 valence electrons. The largest absolute Gasteiger partial charge is 0.479 e. The smallest absolute Gasteiger partial charge is 0.338 e. The Morgan fingerprint density at radius 3 is 2.20 bits per heavy atom. The summed E-state index contributed by atoms with van der Waals surface area (Å²) in [5.41, 5.74) is 0.467. The van der Waals surface area contributed by atoms with Crippen LogP contribution in [0.1, 0.15) is 51.4 Å². The van der Waals surface area contributed by atoms with Gasteiger partial charge in [0.05, 0.1) is 0 Å². The molecule has 0 heterocycles. The molecule has 0 bridgehead atoms. The van der Waals surface area contributed by atoms with Crippen molar-refractivity contribution in [2.75, 3.05) is 0 Å². The number of alkyl halides is 1. The van der Waals surface area contributed by atoms with Crippen LogP contribution in [0, 0.1) is 11.3 Å². The molecule has 2 aliphatic rings. The Labute approximate surface area is 89.9 Å². The van der Waals surface area contributed by atoms with Gasteiger partial charge < -0.3 is 5.11 Å². The summed E-state index contributed by atoms with van der Waals surface area (Å²) in [6.07, 6.45) is 7.18. The van der Waals surface area contributed by atoms with Crippen LogP contribution in [0.25, 0.3) is 0 Å². The number of aliphatic carboxylic acids is 1. The monoisotopic (exact) mass is 214 g/mol. The topological polar surface area (TPSA) is 37.3 Å². The van der Waals surface area contributed by atoms with Gasteiger partial charge in [-0.3, -0.25) is 0 Å². The number of carboxylic acid groups (broad SMARTS) is 1. The molecule has 1 atom stereocenters. The van der Waals surface area contributed by atoms with Gasteiger partial charge in [0.2, 0.25) is 0 Å².